The number of carboxylic acid groups (broad SMARTS) is 1. The van der Waals surface area contributed by atoms with Gasteiger partial charge < -0.3 is 5.11 Å². The van der Waals surface area contributed by atoms with Gasteiger partial charge in [-0.2, -0.15) is 0 Å². The summed E-state index contributed by atoms with van der Waals surface area (Å²) in [5.74, 6) is 1.07. The Labute approximate surface area is 95.3 Å². The van der Waals surface area contributed by atoms with Crippen LogP contribution in [0.2, 0.25) is 0 Å². The minimum atomic E-state index is -0.588. The normalized spacial score (nSPS) is 36.5. The zero-order valence-electron chi connectivity index (χ0n) is 9.17. The molecule has 0 spiro atoms. The lowest BCUT2D eigenvalue weighted by molar-refractivity contribution is -0.148. The van der Waals surface area contributed by atoms with Crippen molar-refractivity contribution in [2.45, 2.75) is 25.2 Å². The molecule has 0 aliphatic heterocycles. The van der Waals surface area contributed by atoms with Gasteiger partial charge in [0.05, 0.1) is 5.92 Å². The average Bonchev–Trinajstić information content (AvgIpc) is 2.96. The van der Waals surface area contributed by atoms with Crippen LogP contribution in [0.1, 0.15) is 30.7 Å². The first-order chi connectivity index (χ1) is 7.77. The van der Waals surface area contributed by atoms with Gasteiger partial charge in [0, 0.05) is 0 Å². The zero-order valence-corrected chi connectivity index (χ0v) is 9.17. The largest absolute Gasteiger partial charge is 0.481 e. The summed E-state index contributed by atoms with van der Waals surface area (Å²) >= 11 is 0. The van der Waals surface area contributed by atoms with Crippen LogP contribution in [-0.4, -0.2) is 11.1 Å². The molecule has 2 aliphatic carbocycles. The number of aliphatic carboxylic acids is 1. The first kappa shape index (κ1) is 9.88. The predicted octanol–water partition coefficient (Wildman–Crippen LogP) is 2.90. The smallest absolute Gasteiger partial charge is 0.306 e. The molecule has 4 atom stereocenters. The molecule has 0 radical (unpaired) electrons. The number of benzene rings is 1. The molecule has 2 heteroatoms. The van der Waals surface area contributed by atoms with Gasteiger partial charge in [0.2, 0.25) is 0 Å². The second-order valence-corrected chi connectivity index (χ2v) is 5.10. The summed E-state index contributed by atoms with van der Waals surface area (Å²) in [7, 11) is 0. The Balaban J connectivity index is 1.67. The first-order valence-electron chi connectivity index (χ1n) is 6.05. The molecule has 1 aromatic carbocycles. The molecule has 16 heavy (non-hydrogen) atoms. The van der Waals surface area contributed by atoms with Crippen molar-refractivity contribution in [2.75, 3.05) is 0 Å². The van der Waals surface area contributed by atoms with E-state index in [1.165, 1.54) is 12.0 Å². The number of carboxylic acids is 1. The molecular formula is C14H16O2. The van der Waals surface area contributed by atoms with Crippen LogP contribution in [0.25, 0.3) is 0 Å². The second kappa shape index (κ2) is 3.62. The highest BCUT2D eigenvalue weighted by molar-refractivity contribution is 5.71. The molecule has 1 N–H and O–H groups in total. The fourth-order valence-electron chi connectivity index (χ4n) is 3.12. The van der Waals surface area contributed by atoms with Gasteiger partial charge in [0.25, 0.3) is 0 Å². The zero-order chi connectivity index (χ0) is 11.1. The van der Waals surface area contributed by atoms with E-state index in [4.69, 9.17) is 5.11 Å². The lowest BCUT2D eigenvalue weighted by Gasteiger charge is -2.34. The fraction of sp³-hybridized carbons (Fsp3) is 0.500. The molecule has 84 valence electrons. The van der Waals surface area contributed by atoms with E-state index in [2.05, 4.69) is 24.3 Å². The number of hydrogen-bond acceptors (Lipinski definition) is 1. The maximum absolute atomic E-state index is 11.0. The third-order valence-corrected chi connectivity index (χ3v) is 4.26. The lowest BCUT2D eigenvalue weighted by Crippen LogP contribution is -2.34. The molecule has 2 nitrogen and oxygen atoms in total. The molecule has 0 aromatic heterocycles. The van der Waals surface area contributed by atoms with Gasteiger partial charge in [-0.1, -0.05) is 30.3 Å². The van der Waals surface area contributed by atoms with Crippen LogP contribution in [-0.2, 0) is 4.79 Å². The molecule has 0 bridgehead atoms. The second-order valence-electron chi connectivity index (χ2n) is 5.10. The molecule has 0 saturated heterocycles. The summed E-state index contributed by atoms with van der Waals surface area (Å²) in [4.78, 5) is 11.0. The van der Waals surface area contributed by atoms with E-state index in [0.29, 0.717) is 17.8 Å². The summed E-state index contributed by atoms with van der Waals surface area (Å²) < 4.78 is 0. The molecule has 2 fully saturated rings. The Morgan fingerprint density at radius 2 is 1.88 bits per heavy atom. The van der Waals surface area contributed by atoms with Gasteiger partial charge in [0.1, 0.15) is 0 Å². The van der Waals surface area contributed by atoms with Crippen LogP contribution in [0.4, 0.5) is 0 Å². The maximum Gasteiger partial charge on any atom is 0.306 e. The van der Waals surface area contributed by atoms with E-state index in [1.54, 1.807) is 0 Å². The highest BCUT2D eigenvalue weighted by Gasteiger charge is 2.51. The minimum Gasteiger partial charge on any atom is -0.481 e. The van der Waals surface area contributed by atoms with Crippen molar-refractivity contribution in [1.82, 2.24) is 0 Å². The van der Waals surface area contributed by atoms with Gasteiger partial charge in [-0.25, -0.2) is 0 Å². The van der Waals surface area contributed by atoms with Crippen LogP contribution in [0.5, 0.6) is 0 Å². The van der Waals surface area contributed by atoms with Crippen molar-refractivity contribution in [3.63, 3.8) is 0 Å². The monoisotopic (exact) mass is 216 g/mol. The molecular weight excluding hydrogens is 200 g/mol. The van der Waals surface area contributed by atoms with Crippen LogP contribution < -0.4 is 0 Å². The Kier molecular flexibility index (Phi) is 2.23. The van der Waals surface area contributed by atoms with Gasteiger partial charge >= 0.3 is 5.97 Å². The van der Waals surface area contributed by atoms with Crippen LogP contribution in [0.15, 0.2) is 30.3 Å². The third-order valence-electron chi connectivity index (χ3n) is 4.26. The van der Waals surface area contributed by atoms with E-state index in [-0.39, 0.29) is 5.92 Å². The van der Waals surface area contributed by atoms with Crippen molar-refractivity contribution < 1.29 is 9.90 Å². The Morgan fingerprint density at radius 1 is 1.12 bits per heavy atom. The molecule has 0 amide bonds. The summed E-state index contributed by atoms with van der Waals surface area (Å²) in [5, 5.41) is 9.04. The molecule has 0 heterocycles. The molecule has 1 aromatic rings. The number of carbonyl (C=O) groups is 1. The first-order valence-corrected chi connectivity index (χ1v) is 6.05. The van der Waals surface area contributed by atoms with Gasteiger partial charge in [-0.15, -0.1) is 0 Å². The Bertz CT molecular complexity index is 398. The standard InChI is InChI=1S/C14H16O2/c15-14(16)11-7-6-10(11)13-8-12(13)9-4-2-1-3-5-9/h1-5,10-13H,6-8H2,(H,15,16). The highest BCUT2D eigenvalue weighted by atomic mass is 16.4. The Morgan fingerprint density at radius 3 is 2.44 bits per heavy atom. The average molecular weight is 216 g/mol. The van der Waals surface area contributed by atoms with E-state index in [1.807, 2.05) is 6.07 Å². The number of rotatable bonds is 3. The molecule has 2 saturated carbocycles. The van der Waals surface area contributed by atoms with Gasteiger partial charge in [-0.3, -0.25) is 4.79 Å². The van der Waals surface area contributed by atoms with E-state index < -0.39 is 5.97 Å². The lowest BCUT2D eigenvalue weighted by atomic mass is 9.70. The van der Waals surface area contributed by atoms with E-state index in [0.717, 1.165) is 12.8 Å². The van der Waals surface area contributed by atoms with Crippen LogP contribution >= 0.6 is 0 Å². The summed E-state index contributed by atoms with van der Waals surface area (Å²) in [5.41, 5.74) is 1.39. The van der Waals surface area contributed by atoms with E-state index >= 15 is 0 Å². The Hall–Kier alpha value is -1.31. The van der Waals surface area contributed by atoms with Gasteiger partial charge in [0.15, 0.2) is 0 Å². The summed E-state index contributed by atoms with van der Waals surface area (Å²) in [6.45, 7) is 0. The van der Waals surface area contributed by atoms with Crippen molar-refractivity contribution in [3.05, 3.63) is 35.9 Å². The van der Waals surface area contributed by atoms with Crippen molar-refractivity contribution in [3.8, 4) is 0 Å². The molecule has 3 rings (SSSR count). The third kappa shape index (κ3) is 1.53. The van der Waals surface area contributed by atoms with Gasteiger partial charge in [-0.05, 0) is 42.6 Å². The summed E-state index contributed by atoms with van der Waals surface area (Å²) in [6.07, 6.45) is 3.20. The minimum absolute atomic E-state index is 0.0567. The fourth-order valence-corrected chi connectivity index (χ4v) is 3.12. The van der Waals surface area contributed by atoms with Crippen molar-refractivity contribution >= 4 is 5.97 Å². The number of hydrogen-bond donors (Lipinski definition) is 1. The van der Waals surface area contributed by atoms with Crippen LogP contribution in [0.3, 0.4) is 0 Å². The summed E-state index contributed by atoms with van der Waals surface area (Å²) in [6, 6.07) is 10.5. The van der Waals surface area contributed by atoms with E-state index in [9.17, 15) is 4.79 Å². The maximum atomic E-state index is 11.0. The SMILES string of the molecule is O=C(O)C1CCC1C1CC1c1ccccc1. The molecule has 4 unspecified atom stereocenters. The van der Waals surface area contributed by atoms with Crippen molar-refractivity contribution in [2.24, 2.45) is 17.8 Å². The van der Waals surface area contributed by atoms with Crippen LogP contribution in [0, 0.1) is 17.8 Å². The highest BCUT2D eigenvalue weighted by Crippen LogP contribution is 2.58. The topological polar surface area (TPSA) is 37.3 Å². The predicted molar refractivity (Wildman–Crippen MR) is 61.1 cm³/mol. The van der Waals surface area contributed by atoms with Crippen molar-refractivity contribution in [1.29, 1.82) is 0 Å². The quantitative estimate of drug-likeness (QED) is 0.843. The molecule has 2 aliphatic rings.